The molecule has 1 aliphatic heterocycles. The van der Waals surface area contributed by atoms with Gasteiger partial charge in [0.25, 0.3) is 0 Å². The Morgan fingerprint density at radius 2 is 1.63 bits per heavy atom. The van der Waals surface area contributed by atoms with Gasteiger partial charge in [0.2, 0.25) is 10.0 Å². The Kier molecular flexibility index (Phi) is 8.24. The van der Waals surface area contributed by atoms with Crippen LogP contribution in [0.3, 0.4) is 0 Å². The summed E-state index contributed by atoms with van der Waals surface area (Å²) in [6, 6.07) is 14.0. The minimum Gasteiger partial charge on any atom is -0.495 e. The molecule has 0 bridgehead atoms. The standard InChI is InChI=1S/C27H39N3O4S/c1-20(2)34-25-8-6-5-7-24(25)30-17-15-29(16-18-30)23-12-10-22(11-13-23)28-35(31,32)27-19-21(3)9-14-26(27)33-4/h5-9,14,19-20,22-23,28H,10-13,15-18H2,1-4H3. The Bertz CT molecular complexity index is 1090. The number of rotatable bonds is 8. The second-order valence-electron chi connectivity index (χ2n) is 9.94. The zero-order valence-electron chi connectivity index (χ0n) is 21.4. The van der Waals surface area contributed by atoms with Crippen molar-refractivity contribution in [3.05, 3.63) is 48.0 Å². The molecule has 2 aromatic rings. The lowest BCUT2D eigenvalue weighted by molar-refractivity contribution is 0.139. The number of methoxy groups -OCH3 is 1. The fraction of sp³-hybridized carbons (Fsp3) is 0.556. The van der Waals surface area contributed by atoms with Crippen LogP contribution in [0.2, 0.25) is 0 Å². The fourth-order valence-electron chi connectivity index (χ4n) is 5.24. The zero-order valence-corrected chi connectivity index (χ0v) is 22.2. The van der Waals surface area contributed by atoms with E-state index in [1.165, 1.54) is 12.8 Å². The average molecular weight is 502 g/mol. The predicted molar refractivity (Wildman–Crippen MR) is 140 cm³/mol. The molecule has 2 aliphatic rings. The molecule has 1 N–H and O–H groups in total. The molecule has 192 valence electrons. The first kappa shape index (κ1) is 25.8. The van der Waals surface area contributed by atoms with Gasteiger partial charge in [-0.2, -0.15) is 0 Å². The van der Waals surface area contributed by atoms with E-state index in [-0.39, 0.29) is 17.0 Å². The van der Waals surface area contributed by atoms with Gasteiger partial charge < -0.3 is 14.4 Å². The van der Waals surface area contributed by atoms with Crippen LogP contribution < -0.4 is 19.1 Å². The van der Waals surface area contributed by atoms with Crippen molar-refractivity contribution in [3.8, 4) is 11.5 Å². The van der Waals surface area contributed by atoms with Crippen LogP contribution in [0.5, 0.6) is 11.5 Å². The van der Waals surface area contributed by atoms with Gasteiger partial charge in [-0.05, 0) is 76.3 Å². The maximum absolute atomic E-state index is 13.1. The van der Waals surface area contributed by atoms with Crippen molar-refractivity contribution < 1.29 is 17.9 Å². The molecule has 1 saturated carbocycles. The van der Waals surface area contributed by atoms with E-state index in [1.807, 2.05) is 19.1 Å². The summed E-state index contributed by atoms with van der Waals surface area (Å²) in [5.41, 5.74) is 2.07. The van der Waals surface area contributed by atoms with Crippen LogP contribution in [0, 0.1) is 6.92 Å². The summed E-state index contributed by atoms with van der Waals surface area (Å²) in [5.74, 6) is 1.34. The van der Waals surface area contributed by atoms with Crippen molar-refractivity contribution >= 4 is 15.7 Å². The first-order valence-corrected chi connectivity index (χ1v) is 14.2. The minimum absolute atomic E-state index is 0.0391. The van der Waals surface area contributed by atoms with Gasteiger partial charge in [-0.1, -0.05) is 18.2 Å². The molecule has 35 heavy (non-hydrogen) atoms. The normalized spacial score (nSPS) is 21.8. The third-order valence-corrected chi connectivity index (χ3v) is 8.57. The summed E-state index contributed by atoms with van der Waals surface area (Å²) in [7, 11) is -2.12. The van der Waals surface area contributed by atoms with Crippen molar-refractivity contribution in [2.75, 3.05) is 38.2 Å². The number of nitrogens with zero attached hydrogens (tertiary/aromatic N) is 2. The topological polar surface area (TPSA) is 71.1 Å². The summed E-state index contributed by atoms with van der Waals surface area (Å²) in [5, 5.41) is 0. The average Bonchev–Trinajstić information content (AvgIpc) is 2.84. The molecule has 1 saturated heterocycles. The van der Waals surface area contributed by atoms with Gasteiger partial charge in [0.1, 0.15) is 16.4 Å². The second kappa shape index (κ2) is 11.2. The molecular weight excluding hydrogens is 462 g/mol. The molecule has 0 radical (unpaired) electrons. The molecule has 2 fully saturated rings. The molecule has 7 nitrogen and oxygen atoms in total. The Morgan fingerprint density at radius 3 is 2.29 bits per heavy atom. The highest BCUT2D eigenvalue weighted by Gasteiger charge is 2.31. The molecular formula is C27H39N3O4S. The third-order valence-electron chi connectivity index (χ3n) is 7.03. The first-order valence-electron chi connectivity index (χ1n) is 12.7. The van der Waals surface area contributed by atoms with Crippen LogP contribution in [0.1, 0.15) is 45.1 Å². The molecule has 0 aromatic heterocycles. The maximum atomic E-state index is 13.1. The van der Waals surface area contributed by atoms with E-state index >= 15 is 0 Å². The van der Waals surface area contributed by atoms with Crippen molar-refractivity contribution in [2.45, 2.75) is 69.5 Å². The lowest BCUT2D eigenvalue weighted by atomic mass is 9.90. The highest BCUT2D eigenvalue weighted by atomic mass is 32.2. The van der Waals surface area contributed by atoms with Crippen LogP contribution in [0.15, 0.2) is 47.4 Å². The Hall–Kier alpha value is -2.29. The molecule has 1 heterocycles. The zero-order chi connectivity index (χ0) is 25.0. The molecule has 0 spiro atoms. The number of ether oxygens (including phenoxy) is 2. The minimum atomic E-state index is -3.63. The molecule has 0 unspecified atom stereocenters. The molecule has 4 rings (SSSR count). The molecule has 0 amide bonds. The van der Waals surface area contributed by atoms with E-state index in [0.29, 0.717) is 11.8 Å². The molecule has 0 atom stereocenters. The summed E-state index contributed by atoms with van der Waals surface area (Å²) >= 11 is 0. The number of benzene rings is 2. The lowest BCUT2D eigenvalue weighted by Crippen LogP contribution is -2.52. The van der Waals surface area contributed by atoms with Gasteiger partial charge in [0, 0.05) is 38.3 Å². The lowest BCUT2D eigenvalue weighted by Gasteiger charge is -2.43. The van der Waals surface area contributed by atoms with Gasteiger partial charge in [-0.3, -0.25) is 4.90 Å². The smallest absolute Gasteiger partial charge is 0.244 e. The Labute approximate surface area is 210 Å². The Morgan fingerprint density at radius 1 is 0.943 bits per heavy atom. The van der Waals surface area contributed by atoms with Crippen molar-refractivity contribution in [3.63, 3.8) is 0 Å². The van der Waals surface area contributed by atoms with E-state index in [9.17, 15) is 8.42 Å². The van der Waals surface area contributed by atoms with Crippen LogP contribution in [-0.4, -0.2) is 64.8 Å². The van der Waals surface area contributed by atoms with Gasteiger partial charge >= 0.3 is 0 Å². The number of hydrogen-bond donors (Lipinski definition) is 1. The van der Waals surface area contributed by atoms with E-state index in [0.717, 1.165) is 63.2 Å². The second-order valence-corrected chi connectivity index (χ2v) is 11.6. The monoisotopic (exact) mass is 501 g/mol. The van der Waals surface area contributed by atoms with Crippen LogP contribution in [0.25, 0.3) is 0 Å². The maximum Gasteiger partial charge on any atom is 0.244 e. The van der Waals surface area contributed by atoms with Crippen LogP contribution in [0.4, 0.5) is 5.69 Å². The number of nitrogens with one attached hydrogen (secondary N) is 1. The number of sulfonamides is 1. The van der Waals surface area contributed by atoms with E-state index in [2.05, 4.69) is 46.6 Å². The summed E-state index contributed by atoms with van der Waals surface area (Å²) in [4.78, 5) is 5.22. The van der Waals surface area contributed by atoms with Crippen molar-refractivity contribution in [2.24, 2.45) is 0 Å². The number of anilines is 1. The van der Waals surface area contributed by atoms with E-state index < -0.39 is 10.0 Å². The number of para-hydroxylation sites is 2. The number of hydrogen-bond acceptors (Lipinski definition) is 6. The highest BCUT2D eigenvalue weighted by molar-refractivity contribution is 7.89. The van der Waals surface area contributed by atoms with Crippen LogP contribution >= 0.6 is 0 Å². The molecule has 1 aliphatic carbocycles. The van der Waals surface area contributed by atoms with E-state index in [1.54, 1.807) is 12.1 Å². The van der Waals surface area contributed by atoms with Crippen molar-refractivity contribution in [1.82, 2.24) is 9.62 Å². The predicted octanol–water partition coefficient (Wildman–Crippen LogP) is 4.20. The first-order chi connectivity index (χ1) is 16.8. The van der Waals surface area contributed by atoms with Gasteiger partial charge in [0.15, 0.2) is 0 Å². The largest absolute Gasteiger partial charge is 0.495 e. The van der Waals surface area contributed by atoms with Gasteiger partial charge in [-0.15, -0.1) is 0 Å². The number of piperazine rings is 1. The quantitative estimate of drug-likeness (QED) is 0.585. The SMILES string of the molecule is COc1ccc(C)cc1S(=O)(=O)NC1CCC(N2CCN(c3ccccc3OC(C)C)CC2)CC1. The van der Waals surface area contributed by atoms with Gasteiger partial charge in [-0.25, -0.2) is 13.1 Å². The number of aryl methyl sites for hydroxylation is 1. The summed E-state index contributed by atoms with van der Waals surface area (Å²) in [6.45, 7) is 9.97. The molecule has 2 aromatic carbocycles. The summed E-state index contributed by atoms with van der Waals surface area (Å²) < 4.78 is 40.4. The molecule has 8 heteroatoms. The van der Waals surface area contributed by atoms with Gasteiger partial charge in [0.05, 0.1) is 18.9 Å². The summed E-state index contributed by atoms with van der Waals surface area (Å²) in [6.07, 6.45) is 3.86. The highest BCUT2D eigenvalue weighted by Crippen LogP contribution is 2.32. The Balaban J connectivity index is 1.30. The fourth-order valence-corrected chi connectivity index (χ4v) is 6.79. The van der Waals surface area contributed by atoms with Crippen molar-refractivity contribution in [1.29, 1.82) is 0 Å². The van der Waals surface area contributed by atoms with E-state index in [4.69, 9.17) is 9.47 Å². The van der Waals surface area contributed by atoms with Crippen LogP contribution in [-0.2, 0) is 10.0 Å². The third kappa shape index (κ3) is 6.29.